The Balaban J connectivity index is 1.75. The minimum Gasteiger partial charge on any atom is -0.279 e. The molecule has 0 radical (unpaired) electrons. The highest BCUT2D eigenvalue weighted by Crippen LogP contribution is 2.22. The van der Waals surface area contributed by atoms with E-state index in [4.69, 9.17) is 0 Å². The van der Waals surface area contributed by atoms with Gasteiger partial charge in [-0.1, -0.05) is 30.7 Å². The summed E-state index contributed by atoms with van der Waals surface area (Å²) < 4.78 is 28.2. The molecule has 1 atom stereocenters. The summed E-state index contributed by atoms with van der Waals surface area (Å²) >= 11 is 0. The molecule has 0 unspecified atom stereocenters. The second kappa shape index (κ2) is 8.78. The highest BCUT2D eigenvalue weighted by Gasteiger charge is 2.18. The maximum Gasteiger partial charge on any atom is 0.271 e. The monoisotopic (exact) mass is 413 g/mol. The first-order chi connectivity index (χ1) is 13.7. The van der Waals surface area contributed by atoms with Gasteiger partial charge in [-0.15, -0.1) is 0 Å². The van der Waals surface area contributed by atoms with E-state index < -0.39 is 15.9 Å². The van der Waals surface area contributed by atoms with E-state index in [1.165, 1.54) is 18.6 Å². The summed E-state index contributed by atoms with van der Waals surface area (Å²) in [5, 5.41) is 4.24. The van der Waals surface area contributed by atoms with Gasteiger partial charge in [0.1, 0.15) is 0 Å². The fourth-order valence-electron chi connectivity index (χ4n) is 3.49. The predicted octanol–water partition coefficient (Wildman–Crippen LogP) is 4.40. The molecule has 3 rings (SSSR count). The van der Waals surface area contributed by atoms with Crippen LogP contribution in [0.25, 0.3) is 0 Å². The number of rotatable bonds is 5. The van der Waals surface area contributed by atoms with Crippen LogP contribution in [0.5, 0.6) is 0 Å². The third kappa shape index (κ3) is 5.44. The Bertz CT molecular complexity index is 1050. The van der Waals surface area contributed by atoms with E-state index in [0.29, 0.717) is 11.6 Å². The van der Waals surface area contributed by atoms with E-state index in [0.717, 1.165) is 36.1 Å². The topological polar surface area (TPSA) is 87.6 Å². The highest BCUT2D eigenvalue weighted by molar-refractivity contribution is 7.92. The quantitative estimate of drug-likeness (QED) is 0.712. The molecule has 1 amide bonds. The van der Waals surface area contributed by atoms with Crippen molar-refractivity contribution in [1.29, 1.82) is 0 Å². The zero-order valence-corrected chi connectivity index (χ0v) is 17.8. The van der Waals surface area contributed by atoms with Crippen LogP contribution in [0.3, 0.4) is 0 Å². The molecule has 0 aliphatic heterocycles. The molecular weight excluding hydrogens is 386 g/mol. The molecule has 0 spiro atoms. The van der Waals surface area contributed by atoms with Gasteiger partial charge in [0.2, 0.25) is 0 Å². The Kier molecular flexibility index (Phi) is 6.37. The number of nitrogens with one attached hydrogen (secondary N) is 2. The average Bonchev–Trinajstić information content (AvgIpc) is 2.68. The Labute approximate surface area is 172 Å². The number of amides is 1. The number of carbonyl (C=O) groups excluding carboxylic acids is 1. The molecule has 1 aliphatic rings. The number of aryl methyl sites for hydroxylation is 2. The predicted molar refractivity (Wildman–Crippen MR) is 116 cm³/mol. The van der Waals surface area contributed by atoms with Crippen molar-refractivity contribution >= 4 is 27.3 Å². The zero-order chi connectivity index (χ0) is 21.0. The first-order valence-electron chi connectivity index (χ1n) is 9.80. The van der Waals surface area contributed by atoms with Crippen LogP contribution in [0, 0.1) is 19.8 Å². The number of sulfonamides is 1. The summed E-state index contributed by atoms with van der Waals surface area (Å²) in [6, 6.07) is 11.5. The number of hydrazone groups is 1. The van der Waals surface area contributed by atoms with Crippen molar-refractivity contribution in [3.8, 4) is 0 Å². The van der Waals surface area contributed by atoms with Crippen molar-refractivity contribution in [2.75, 3.05) is 4.72 Å². The molecule has 2 aromatic carbocycles. The van der Waals surface area contributed by atoms with Gasteiger partial charge in [0.25, 0.3) is 15.9 Å². The summed E-state index contributed by atoms with van der Waals surface area (Å²) in [4.78, 5) is 12.5. The fourth-order valence-corrected chi connectivity index (χ4v) is 4.67. The second-order valence-electron chi connectivity index (χ2n) is 7.77. The summed E-state index contributed by atoms with van der Waals surface area (Å²) in [6.07, 6.45) is 4.03. The molecule has 29 heavy (non-hydrogen) atoms. The Morgan fingerprint density at radius 2 is 1.93 bits per heavy atom. The normalized spacial score (nSPS) is 18.4. The van der Waals surface area contributed by atoms with Crippen LogP contribution >= 0.6 is 0 Å². The molecule has 2 N–H and O–H groups in total. The molecular formula is C22H27N3O3S. The van der Waals surface area contributed by atoms with Crippen LogP contribution < -0.4 is 10.1 Å². The van der Waals surface area contributed by atoms with E-state index in [-0.39, 0.29) is 10.5 Å². The van der Waals surface area contributed by atoms with E-state index in [1.54, 1.807) is 18.2 Å². The van der Waals surface area contributed by atoms with Crippen molar-refractivity contribution in [3.05, 3.63) is 59.2 Å². The van der Waals surface area contributed by atoms with Crippen molar-refractivity contribution in [1.82, 2.24) is 5.43 Å². The largest absolute Gasteiger partial charge is 0.279 e. The van der Waals surface area contributed by atoms with Gasteiger partial charge in [-0.2, -0.15) is 5.10 Å². The highest BCUT2D eigenvalue weighted by atomic mass is 32.2. The summed E-state index contributed by atoms with van der Waals surface area (Å²) in [5.41, 5.74) is 6.21. The van der Waals surface area contributed by atoms with Gasteiger partial charge < -0.3 is 0 Å². The molecule has 2 aromatic rings. The van der Waals surface area contributed by atoms with Crippen LogP contribution in [0.2, 0.25) is 0 Å². The van der Waals surface area contributed by atoms with Crippen molar-refractivity contribution in [2.45, 2.75) is 51.3 Å². The molecule has 1 fully saturated rings. The van der Waals surface area contributed by atoms with Crippen LogP contribution in [0.1, 0.15) is 54.1 Å². The van der Waals surface area contributed by atoms with Gasteiger partial charge in [-0.05, 0) is 75.3 Å². The first kappa shape index (κ1) is 21.0. The molecule has 0 bridgehead atoms. The third-order valence-electron chi connectivity index (χ3n) is 5.09. The van der Waals surface area contributed by atoms with Crippen molar-refractivity contribution in [2.24, 2.45) is 11.0 Å². The number of carbonyl (C=O) groups is 1. The maximum atomic E-state index is 12.8. The molecule has 1 saturated carbocycles. The van der Waals surface area contributed by atoms with Gasteiger partial charge in [0.05, 0.1) is 10.6 Å². The standard InChI is InChI=1S/C22H27N3O3S/c1-15-6-4-8-19(13-15)23-24-22(26)18-7-5-9-20(14-18)29(27,28)25-21-11-10-16(2)12-17(21)3/h5,7,9-12,14-15,25H,4,6,8,13H2,1-3H3,(H,24,26)/b23-19-/t15-/m1/s1. The second-order valence-corrected chi connectivity index (χ2v) is 9.45. The lowest BCUT2D eigenvalue weighted by molar-refractivity contribution is 0.0954. The minimum atomic E-state index is -3.81. The summed E-state index contributed by atoms with van der Waals surface area (Å²) in [5.74, 6) is 0.156. The van der Waals surface area contributed by atoms with Crippen LogP contribution in [0.4, 0.5) is 5.69 Å². The van der Waals surface area contributed by atoms with E-state index in [1.807, 2.05) is 26.0 Å². The summed E-state index contributed by atoms with van der Waals surface area (Å²) in [6.45, 7) is 5.97. The number of hydrogen-bond acceptors (Lipinski definition) is 4. The lowest BCUT2D eigenvalue weighted by Gasteiger charge is -2.19. The summed E-state index contributed by atoms with van der Waals surface area (Å²) in [7, 11) is -3.81. The van der Waals surface area contributed by atoms with Gasteiger partial charge >= 0.3 is 0 Å². The van der Waals surface area contributed by atoms with E-state index >= 15 is 0 Å². The van der Waals surface area contributed by atoms with Crippen LogP contribution in [-0.4, -0.2) is 20.0 Å². The van der Waals surface area contributed by atoms with Gasteiger partial charge in [-0.25, -0.2) is 13.8 Å². The third-order valence-corrected chi connectivity index (χ3v) is 6.46. The number of nitrogens with zero attached hydrogens (tertiary/aromatic N) is 1. The fraction of sp³-hybridized carbons (Fsp3) is 0.364. The average molecular weight is 414 g/mol. The van der Waals surface area contributed by atoms with Crippen molar-refractivity contribution < 1.29 is 13.2 Å². The van der Waals surface area contributed by atoms with Gasteiger partial charge in [0.15, 0.2) is 0 Å². The molecule has 0 aromatic heterocycles. The van der Waals surface area contributed by atoms with E-state index in [2.05, 4.69) is 22.2 Å². The van der Waals surface area contributed by atoms with Gasteiger partial charge in [-0.3, -0.25) is 9.52 Å². The first-order valence-corrected chi connectivity index (χ1v) is 11.3. The maximum absolute atomic E-state index is 12.8. The SMILES string of the molecule is Cc1ccc(NS(=O)(=O)c2cccc(C(=O)N/N=C3/CCC[C@@H](C)C3)c2)c(C)c1. The molecule has 0 saturated heterocycles. The molecule has 6 nitrogen and oxygen atoms in total. The van der Waals surface area contributed by atoms with Gasteiger partial charge in [0, 0.05) is 11.3 Å². The molecule has 1 aliphatic carbocycles. The number of anilines is 1. The van der Waals surface area contributed by atoms with E-state index in [9.17, 15) is 13.2 Å². The minimum absolute atomic E-state index is 0.0315. The lowest BCUT2D eigenvalue weighted by atomic mass is 9.89. The number of hydrogen-bond donors (Lipinski definition) is 2. The van der Waals surface area contributed by atoms with Crippen LogP contribution in [0.15, 0.2) is 52.5 Å². The van der Waals surface area contributed by atoms with Crippen molar-refractivity contribution in [3.63, 3.8) is 0 Å². The van der Waals surface area contributed by atoms with Crippen LogP contribution in [-0.2, 0) is 10.0 Å². The molecule has 7 heteroatoms. The molecule has 154 valence electrons. The Morgan fingerprint density at radius 3 is 2.66 bits per heavy atom. The lowest BCUT2D eigenvalue weighted by Crippen LogP contribution is -2.22. The Hall–Kier alpha value is -2.67. The molecule has 0 heterocycles. The smallest absolute Gasteiger partial charge is 0.271 e. The zero-order valence-electron chi connectivity index (χ0n) is 17.0. The number of benzene rings is 2. The Morgan fingerprint density at radius 1 is 1.14 bits per heavy atom.